The van der Waals surface area contributed by atoms with Crippen molar-refractivity contribution in [3.05, 3.63) is 61.1 Å². The van der Waals surface area contributed by atoms with Gasteiger partial charge in [-0.3, -0.25) is 4.98 Å². The third-order valence-electron chi connectivity index (χ3n) is 2.77. The summed E-state index contributed by atoms with van der Waals surface area (Å²) < 4.78 is 0. The minimum Gasteiger partial charge on any atom is -0.342 e. The highest BCUT2D eigenvalue weighted by Gasteiger charge is 2.07. The molecular weight excluding hydrogens is 196 g/mol. The standard InChI is InChI=1S/C14H12N2/c1-4-8-16(9-5-1)14-11-15-10-12-6-2-3-7-13(12)14/h1-8,10-11H,9H2. The van der Waals surface area contributed by atoms with E-state index in [9.17, 15) is 0 Å². The van der Waals surface area contributed by atoms with Crippen LogP contribution in [-0.2, 0) is 0 Å². The first-order chi connectivity index (χ1) is 7.95. The Bertz CT molecular complexity index is 564. The molecule has 0 unspecified atom stereocenters. The Morgan fingerprint density at radius 2 is 2.00 bits per heavy atom. The van der Waals surface area contributed by atoms with Gasteiger partial charge < -0.3 is 4.90 Å². The maximum Gasteiger partial charge on any atom is 0.0675 e. The van der Waals surface area contributed by atoms with Crippen molar-refractivity contribution in [3.8, 4) is 0 Å². The summed E-state index contributed by atoms with van der Waals surface area (Å²) in [5.41, 5.74) is 1.17. The number of rotatable bonds is 1. The molecule has 1 aliphatic heterocycles. The monoisotopic (exact) mass is 208 g/mol. The molecule has 2 aromatic rings. The van der Waals surface area contributed by atoms with Crippen LogP contribution in [0.2, 0.25) is 0 Å². The minimum atomic E-state index is 0.909. The van der Waals surface area contributed by atoms with Crippen LogP contribution in [0.15, 0.2) is 61.1 Å². The second kappa shape index (κ2) is 3.81. The van der Waals surface area contributed by atoms with Crippen molar-refractivity contribution in [1.29, 1.82) is 0 Å². The van der Waals surface area contributed by atoms with Crippen molar-refractivity contribution in [3.63, 3.8) is 0 Å². The number of nitrogens with zero attached hydrogens (tertiary/aromatic N) is 2. The van der Waals surface area contributed by atoms with Crippen LogP contribution >= 0.6 is 0 Å². The lowest BCUT2D eigenvalue weighted by molar-refractivity contribution is 1.07. The molecule has 2 heterocycles. The van der Waals surface area contributed by atoms with E-state index in [1.807, 2.05) is 24.5 Å². The maximum absolute atomic E-state index is 4.29. The lowest BCUT2D eigenvalue weighted by Crippen LogP contribution is -2.17. The van der Waals surface area contributed by atoms with Crippen molar-refractivity contribution in [2.24, 2.45) is 0 Å². The SMILES string of the molecule is C1=CCN(c2cncc3ccccc23)C=C1. The summed E-state index contributed by atoms with van der Waals surface area (Å²) in [6.45, 7) is 0.909. The van der Waals surface area contributed by atoms with Crippen LogP contribution in [0.25, 0.3) is 10.8 Å². The van der Waals surface area contributed by atoms with E-state index in [0.29, 0.717) is 0 Å². The van der Waals surface area contributed by atoms with Crippen LogP contribution in [-0.4, -0.2) is 11.5 Å². The number of hydrogen-bond donors (Lipinski definition) is 0. The van der Waals surface area contributed by atoms with Gasteiger partial charge in [-0.15, -0.1) is 0 Å². The van der Waals surface area contributed by atoms with Gasteiger partial charge in [0.25, 0.3) is 0 Å². The Morgan fingerprint density at radius 1 is 1.06 bits per heavy atom. The molecule has 0 fully saturated rings. The fourth-order valence-electron chi connectivity index (χ4n) is 1.98. The highest BCUT2D eigenvalue weighted by Crippen LogP contribution is 2.26. The minimum absolute atomic E-state index is 0.909. The van der Waals surface area contributed by atoms with Crippen LogP contribution in [0.5, 0.6) is 0 Å². The summed E-state index contributed by atoms with van der Waals surface area (Å²) in [5.74, 6) is 0. The molecule has 1 aromatic carbocycles. The van der Waals surface area contributed by atoms with Crippen LogP contribution in [0.1, 0.15) is 0 Å². The van der Waals surface area contributed by atoms with E-state index in [1.165, 1.54) is 16.5 Å². The molecule has 0 bridgehead atoms. The Balaban J connectivity index is 2.16. The lowest BCUT2D eigenvalue weighted by Gasteiger charge is -2.21. The summed E-state index contributed by atoms with van der Waals surface area (Å²) in [7, 11) is 0. The lowest BCUT2D eigenvalue weighted by atomic mass is 10.1. The number of anilines is 1. The number of hydrogen-bond acceptors (Lipinski definition) is 2. The van der Waals surface area contributed by atoms with E-state index in [-0.39, 0.29) is 0 Å². The molecule has 2 heteroatoms. The topological polar surface area (TPSA) is 16.1 Å². The predicted molar refractivity (Wildman–Crippen MR) is 67.4 cm³/mol. The number of benzene rings is 1. The summed E-state index contributed by atoms with van der Waals surface area (Å²) in [4.78, 5) is 6.49. The average Bonchev–Trinajstić information content (AvgIpc) is 2.39. The normalized spacial score (nSPS) is 14.6. The average molecular weight is 208 g/mol. The fourth-order valence-corrected chi connectivity index (χ4v) is 1.98. The zero-order valence-electron chi connectivity index (χ0n) is 8.88. The first-order valence-electron chi connectivity index (χ1n) is 5.38. The van der Waals surface area contributed by atoms with E-state index < -0.39 is 0 Å². The zero-order valence-corrected chi connectivity index (χ0v) is 8.88. The molecule has 2 nitrogen and oxygen atoms in total. The Kier molecular flexibility index (Phi) is 2.18. The highest BCUT2D eigenvalue weighted by molar-refractivity contribution is 5.93. The van der Waals surface area contributed by atoms with Gasteiger partial charge in [0.15, 0.2) is 0 Å². The van der Waals surface area contributed by atoms with Gasteiger partial charge in [-0.2, -0.15) is 0 Å². The van der Waals surface area contributed by atoms with E-state index in [2.05, 4.69) is 46.4 Å². The number of pyridine rings is 1. The van der Waals surface area contributed by atoms with Gasteiger partial charge in [-0.1, -0.05) is 36.4 Å². The van der Waals surface area contributed by atoms with Gasteiger partial charge in [-0.05, 0) is 6.08 Å². The van der Waals surface area contributed by atoms with Crippen molar-refractivity contribution in [2.75, 3.05) is 11.4 Å². The molecular formula is C14H12N2. The van der Waals surface area contributed by atoms with Gasteiger partial charge >= 0.3 is 0 Å². The summed E-state index contributed by atoms with van der Waals surface area (Å²) in [6.07, 6.45) is 12.2. The van der Waals surface area contributed by atoms with Crippen molar-refractivity contribution >= 4 is 16.5 Å². The van der Waals surface area contributed by atoms with Crippen molar-refractivity contribution in [1.82, 2.24) is 4.98 Å². The predicted octanol–water partition coefficient (Wildman–Crippen LogP) is 3.12. The molecule has 1 aromatic heterocycles. The number of fused-ring (bicyclic) bond motifs is 1. The highest BCUT2D eigenvalue weighted by atomic mass is 15.1. The van der Waals surface area contributed by atoms with Gasteiger partial charge in [-0.25, -0.2) is 0 Å². The molecule has 0 atom stereocenters. The first kappa shape index (κ1) is 9.16. The molecule has 0 N–H and O–H groups in total. The van der Waals surface area contributed by atoms with Crippen LogP contribution < -0.4 is 4.90 Å². The van der Waals surface area contributed by atoms with Crippen LogP contribution in [0, 0.1) is 0 Å². The molecule has 0 saturated carbocycles. The Hall–Kier alpha value is -2.09. The Morgan fingerprint density at radius 3 is 2.88 bits per heavy atom. The number of aromatic nitrogens is 1. The van der Waals surface area contributed by atoms with Crippen LogP contribution in [0.3, 0.4) is 0 Å². The van der Waals surface area contributed by atoms with Gasteiger partial charge in [0, 0.05) is 29.7 Å². The molecule has 0 spiro atoms. The molecule has 1 aliphatic rings. The van der Waals surface area contributed by atoms with Gasteiger partial charge in [0.1, 0.15) is 0 Å². The van der Waals surface area contributed by atoms with Crippen LogP contribution in [0.4, 0.5) is 5.69 Å². The van der Waals surface area contributed by atoms with Crippen molar-refractivity contribution < 1.29 is 0 Å². The quantitative estimate of drug-likeness (QED) is 0.715. The van der Waals surface area contributed by atoms with Gasteiger partial charge in [0.2, 0.25) is 0 Å². The summed E-state index contributed by atoms with van der Waals surface area (Å²) in [5, 5.41) is 2.43. The van der Waals surface area contributed by atoms with E-state index in [0.717, 1.165) is 6.54 Å². The molecule has 0 saturated heterocycles. The molecule has 3 rings (SSSR count). The fraction of sp³-hybridized carbons (Fsp3) is 0.0714. The maximum atomic E-state index is 4.29. The molecule has 0 aliphatic carbocycles. The second-order valence-corrected chi connectivity index (χ2v) is 3.80. The van der Waals surface area contributed by atoms with Crippen molar-refractivity contribution in [2.45, 2.75) is 0 Å². The third kappa shape index (κ3) is 1.48. The number of allylic oxidation sites excluding steroid dienone is 2. The second-order valence-electron chi connectivity index (χ2n) is 3.80. The third-order valence-corrected chi connectivity index (χ3v) is 2.77. The smallest absolute Gasteiger partial charge is 0.0675 e. The zero-order chi connectivity index (χ0) is 10.8. The molecule has 0 amide bonds. The largest absolute Gasteiger partial charge is 0.342 e. The summed E-state index contributed by atoms with van der Waals surface area (Å²) in [6, 6.07) is 8.34. The van der Waals surface area contributed by atoms with E-state index >= 15 is 0 Å². The first-order valence-corrected chi connectivity index (χ1v) is 5.38. The molecule has 16 heavy (non-hydrogen) atoms. The summed E-state index contributed by atoms with van der Waals surface area (Å²) >= 11 is 0. The van der Waals surface area contributed by atoms with E-state index in [4.69, 9.17) is 0 Å². The Labute approximate surface area is 94.5 Å². The molecule has 0 radical (unpaired) electrons. The van der Waals surface area contributed by atoms with Gasteiger partial charge in [0.05, 0.1) is 11.9 Å². The molecule has 78 valence electrons. The van der Waals surface area contributed by atoms with E-state index in [1.54, 1.807) is 0 Å².